The molecule has 1 fully saturated rings. The van der Waals surface area contributed by atoms with Gasteiger partial charge in [0.1, 0.15) is 18.4 Å². The number of carbonyl (C=O) groups excluding carboxylic acids is 1. The van der Waals surface area contributed by atoms with E-state index in [1.54, 1.807) is 7.05 Å². The van der Waals surface area contributed by atoms with Gasteiger partial charge in [0.2, 0.25) is 10.0 Å². The quantitative estimate of drug-likeness (QED) is 0.289. The molecule has 0 aliphatic carbocycles. The second-order valence-corrected chi connectivity index (χ2v) is 8.94. The number of piperidine rings is 1. The van der Waals surface area contributed by atoms with E-state index in [-0.39, 0.29) is 30.5 Å². The molecule has 1 aromatic rings. The lowest BCUT2D eigenvalue weighted by atomic mass is 9.87. The summed E-state index contributed by atoms with van der Waals surface area (Å²) in [4.78, 5) is 12.0. The van der Waals surface area contributed by atoms with E-state index in [2.05, 4.69) is 17.2 Å². The molecule has 1 amide bonds. The minimum absolute atomic E-state index is 0.0388. The van der Waals surface area contributed by atoms with Crippen molar-refractivity contribution in [1.82, 2.24) is 15.1 Å². The first-order chi connectivity index (χ1) is 13.6. The molecule has 3 atom stereocenters. The summed E-state index contributed by atoms with van der Waals surface area (Å²) in [6, 6.07) is 4.33. The van der Waals surface area contributed by atoms with Crippen LogP contribution in [-0.2, 0) is 14.8 Å². The summed E-state index contributed by atoms with van der Waals surface area (Å²) in [5.41, 5.74) is -0.155. The number of hydroxylamine groups is 1. The zero-order valence-corrected chi connectivity index (χ0v) is 17.5. The van der Waals surface area contributed by atoms with E-state index in [1.165, 1.54) is 36.7 Å². The average Bonchev–Trinajstić information content (AvgIpc) is 2.69. The Balaban J connectivity index is 2.19. The molecule has 29 heavy (non-hydrogen) atoms. The Hall–Kier alpha value is -2.16. The molecule has 0 radical (unpaired) electrons. The number of hydrogen-bond donors (Lipinski definition) is 4. The van der Waals surface area contributed by atoms with Gasteiger partial charge in [0.05, 0.1) is 16.5 Å². The first-order valence-corrected chi connectivity index (χ1v) is 10.6. The molecule has 9 nitrogen and oxygen atoms in total. The summed E-state index contributed by atoms with van der Waals surface area (Å²) in [6.07, 6.45) is 0.615. The molecule has 10 heteroatoms. The first-order valence-electron chi connectivity index (χ1n) is 9.20. The SMILES string of the molecule is CNC(C)C#CCOc1ccc(S(=O)(=O)N2CCCC(C)(O)C2C(=O)NO)cc1. The van der Waals surface area contributed by atoms with Crippen molar-refractivity contribution in [2.75, 3.05) is 20.2 Å². The van der Waals surface area contributed by atoms with Crippen molar-refractivity contribution in [2.45, 2.75) is 49.3 Å². The van der Waals surface area contributed by atoms with Gasteiger partial charge in [-0.15, -0.1) is 0 Å². The number of ether oxygens (including phenoxy) is 1. The van der Waals surface area contributed by atoms with Crippen LogP contribution in [0.1, 0.15) is 26.7 Å². The lowest BCUT2D eigenvalue weighted by molar-refractivity contribution is -0.144. The Morgan fingerprint density at radius 3 is 2.66 bits per heavy atom. The van der Waals surface area contributed by atoms with Gasteiger partial charge < -0.3 is 15.2 Å². The van der Waals surface area contributed by atoms with Crippen LogP contribution >= 0.6 is 0 Å². The summed E-state index contributed by atoms with van der Waals surface area (Å²) < 4.78 is 32.5. The molecular formula is C19H27N3O6S. The van der Waals surface area contributed by atoms with Gasteiger partial charge in [-0.1, -0.05) is 11.8 Å². The summed E-state index contributed by atoms with van der Waals surface area (Å²) in [5, 5.41) is 22.5. The van der Waals surface area contributed by atoms with Crippen LogP contribution in [0.5, 0.6) is 5.75 Å². The van der Waals surface area contributed by atoms with Crippen molar-refractivity contribution >= 4 is 15.9 Å². The highest BCUT2D eigenvalue weighted by atomic mass is 32.2. The minimum Gasteiger partial charge on any atom is -0.481 e. The van der Waals surface area contributed by atoms with E-state index >= 15 is 0 Å². The summed E-state index contributed by atoms with van der Waals surface area (Å²) >= 11 is 0. The van der Waals surface area contributed by atoms with E-state index in [0.717, 1.165) is 4.31 Å². The number of nitrogens with one attached hydrogen (secondary N) is 2. The van der Waals surface area contributed by atoms with Crippen molar-refractivity contribution in [3.8, 4) is 17.6 Å². The van der Waals surface area contributed by atoms with Crippen LogP contribution in [0.2, 0.25) is 0 Å². The molecule has 4 N–H and O–H groups in total. The van der Waals surface area contributed by atoms with E-state index in [1.807, 2.05) is 6.92 Å². The van der Waals surface area contributed by atoms with E-state index in [9.17, 15) is 18.3 Å². The summed E-state index contributed by atoms with van der Waals surface area (Å²) in [5.74, 6) is 5.27. The first kappa shape index (κ1) is 23.1. The molecule has 160 valence electrons. The van der Waals surface area contributed by atoms with Gasteiger partial charge in [-0.2, -0.15) is 4.31 Å². The summed E-state index contributed by atoms with van der Waals surface area (Å²) in [6.45, 7) is 3.50. The van der Waals surface area contributed by atoms with Gasteiger partial charge in [-0.25, -0.2) is 13.9 Å². The fourth-order valence-corrected chi connectivity index (χ4v) is 4.85. The smallest absolute Gasteiger partial charge is 0.264 e. The van der Waals surface area contributed by atoms with Crippen molar-refractivity contribution in [3.63, 3.8) is 0 Å². The monoisotopic (exact) mass is 425 g/mol. The van der Waals surface area contributed by atoms with Crippen LogP contribution in [-0.4, -0.2) is 66.8 Å². The van der Waals surface area contributed by atoms with Crippen molar-refractivity contribution in [1.29, 1.82) is 0 Å². The Kier molecular flexibility index (Phi) is 7.62. The maximum atomic E-state index is 13.1. The van der Waals surface area contributed by atoms with Crippen molar-refractivity contribution < 1.29 is 28.3 Å². The molecule has 1 aliphatic heterocycles. The van der Waals surface area contributed by atoms with Crippen LogP contribution in [0.4, 0.5) is 0 Å². The zero-order valence-electron chi connectivity index (χ0n) is 16.7. The van der Waals surface area contributed by atoms with Gasteiger partial charge in [0.15, 0.2) is 0 Å². The Morgan fingerprint density at radius 1 is 1.41 bits per heavy atom. The Bertz CT molecular complexity index is 873. The molecule has 2 rings (SSSR count). The van der Waals surface area contributed by atoms with Crippen LogP contribution < -0.4 is 15.5 Å². The molecule has 1 heterocycles. The molecule has 0 aromatic heterocycles. The normalized spacial score (nSPS) is 23.6. The number of benzene rings is 1. The van der Waals surface area contributed by atoms with Crippen LogP contribution in [0, 0.1) is 11.8 Å². The third-order valence-corrected chi connectivity index (χ3v) is 6.67. The van der Waals surface area contributed by atoms with Gasteiger partial charge in [0, 0.05) is 6.54 Å². The highest BCUT2D eigenvalue weighted by Crippen LogP contribution is 2.32. The zero-order chi connectivity index (χ0) is 21.7. The number of amides is 1. The average molecular weight is 426 g/mol. The largest absolute Gasteiger partial charge is 0.481 e. The molecule has 1 aromatic carbocycles. The third kappa shape index (κ3) is 5.46. The fraction of sp³-hybridized carbons (Fsp3) is 0.526. The van der Waals surface area contributed by atoms with E-state index in [4.69, 9.17) is 9.94 Å². The lowest BCUT2D eigenvalue weighted by Crippen LogP contribution is -2.62. The molecule has 3 unspecified atom stereocenters. The second-order valence-electron chi connectivity index (χ2n) is 7.05. The number of rotatable bonds is 6. The fourth-order valence-electron chi connectivity index (χ4n) is 3.13. The predicted molar refractivity (Wildman–Crippen MR) is 106 cm³/mol. The number of nitrogens with zero attached hydrogens (tertiary/aromatic N) is 1. The maximum Gasteiger partial charge on any atom is 0.264 e. The number of aliphatic hydroxyl groups is 1. The number of hydrogen-bond acceptors (Lipinski definition) is 7. The van der Waals surface area contributed by atoms with Gasteiger partial charge in [-0.05, 0) is 58.0 Å². The molecule has 1 saturated heterocycles. The maximum absolute atomic E-state index is 13.1. The van der Waals surface area contributed by atoms with Crippen LogP contribution in [0.3, 0.4) is 0 Å². The van der Waals surface area contributed by atoms with Crippen LogP contribution in [0.15, 0.2) is 29.2 Å². The predicted octanol–water partition coefficient (Wildman–Crippen LogP) is 0.0862. The van der Waals surface area contributed by atoms with E-state index < -0.39 is 27.6 Å². The van der Waals surface area contributed by atoms with Gasteiger partial charge in [-0.3, -0.25) is 10.0 Å². The minimum atomic E-state index is -4.08. The number of sulfonamides is 1. The molecule has 1 aliphatic rings. The van der Waals surface area contributed by atoms with Crippen LogP contribution in [0.25, 0.3) is 0 Å². The summed E-state index contributed by atoms with van der Waals surface area (Å²) in [7, 11) is -2.28. The Labute approximate surface area is 171 Å². The molecule has 0 saturated carbocycles. The lowest BCUT2D eigenvalue weighted by Gasteiger charge is -2.42. The molecule has 0 spiro atoms. The third-order valence-electron chi connectivity index (χ3n) is 4.79. The van der Waals surface area contributed by atoms with E-state index in [0.29, 0.717) is 12.2 Å². The molecule has 0 bridgehead atoms. The highest BCUT2D eigenvalue weighted by molar-refractivity contribution is 7.89. The molecular weight excluding hydrogens is 398 g/mol. The van der Waals surface area contributed by atoms with Gasteiger partial charge >= 0.3 is 0 Å². The standard InChI is InChI=1S/C19H27N3O6S/c1-14(20-3)6-4-13-28-15-7-9-16(10-8-15)29(26,27)22-12-5-11-19(2,24)17(22)18(23)21-25/h7-10,14,17,20,24-25H,5,11-13H2,1-3H3,(H,21,23). The second kappa shape index (κ2) is 9.56. The van der Waals surface area contributed by atoms with Crippen molar-refractivity contribution in [2.24, 2.45) is 0 Å². The van der Waals surface area contributed by atoms with Gasteiger partial charge in [0.25, 0.3) is 5.91 Å². The number of carbonyl (C=O) groups is 1. The Morgan fingerprint density at radius 2 is 2.07 bits per heavy atom. The topological polar surface area (TPSA) is 128 Å². The van der Waals surface area contributed by atoms with Crippen molar-refractivity contribution in [3.05, 3.63) is 24.3 Å². The highest BCUT2D eigenvalue weighted by Gasteiger charge is 2.49.